The Morgan fingerprint density at radius 2 is 2.05 bits per heavy atom. The molecule has 7 heteroatoms. The first-order chi connectivity index (χ1) is 10.4. The smallest absolute Gasteiger partial charge is 0.339 e. The molecule has 1 aromatic heterocycles. The fourth-order valence-corrected chi connectivity index (χ4v) is 2.64. The van der Waals surface area contributed by atoms with Crippen LogP contribution in [-0.4, -0.2) is 42.5 Å². The predicted molar refractivity (Wildman–Crippen MR) is 76.4 cm³/mol. The normalized spacial score (nSPS) is 16.8. The van der Waals surface area contributed by atoms with Crippen LogP contribution in [0.15, 0.2) is 18.3 Å². The summed E-state index contributed by atoms with van der Waals surface area (Å²) >= 11 is 0. The average Bonchev–Trinajstić information content (AvgIpc) is 2.52. The van der Waals surface area contributed by atoms with Crippen molar-refractivity contribution in [2.45, 2.75) is 25.4 Å². The summed E-state index contributed by atoms with van der Waals surface area (Å²) < 4.78 is 37.4. The second kappa shape index (κ2) is 7.09. The van der Waals surface area contributed by atoms with Crippen molar-refractivity contribution in [2.24, 2.45) is 5.92 Å². The minimum Gasteiger partial charge on any atom is -0.339 e. The standard InChI is InChI=1S/C15H20F3N3O/c1-19-7-4-11-5-8-21(9-6-11)14(22)12-2-3-13(20-10-12)15(16,17)18/h2-3,10-11,19H,4-9H2,1H3. The van der Waals surface area contributed by atoms with Crippen LogP contribution in [0.2, 0.25) is 0 Å². The van der Waals surface area contributed by atoms with E-state index in [0.717, 1.165) is 38.1 Å². The maximum absolute atomic E-state index is 12.5. The topological polar surface area (TPSA) is 45.2 Å². The van der Waals surface area contributed by atoms with Crippen molar-refractivity contribution in [1.82, 2.24) is 15.2 Å². The van der Waals surface area contributed by atoms with Crippen LogP contribution in [0.3, 0.4) is 0 Å². The fraction of sp³-hybridized carbons (Fsp3) is 0.600. The highest BCUT2D eigenvalue weighted by Gasteiger charge is 2.32. The number of alkyl halides is 3. The summed E-state index contributed by atoms with van der Waals surface area (Å²) in [5.74, 6) is 0.357. The van der Waals surface area contributed by atoms with Gasteiger partial charge < -0.3 is 10.2 Å². The van der Waals surface area contributed by atoms with Crippen LogP contribution in [0.4, 0.5) is 13.2 Å². The van der Waals surface area contributed by atoms with Gasteiger partial charge >= 0.3 is 6.18 Å². The molecule has 0 radical (unpaired) electrons. The van der Waals surface area contributed by atoms with Gasteiger partial charge in [-0.05, 0) is 50.9 Å². The Kier molecular flexibility index (Phi) is 5.39. The first-order valence-electron chi connectivity index (χ1n) is 7.39. The van der Waals surface area contributed by atoms with E-state index >= 15 is 0 Å². The maximum atomic E-state index is 12.5. The van der Waals surface area contributed by atoms with Gasteiger partial charge in [-0.3, -0.25) is 9.78 Å². The molecular formula is C15H20F3N3O. The van der Waals surface area contributed by atoms with E-state index in [4.69, 9.17) is 0 Å². The van der Waals surface area contributed by atoms with Gasteiger partial charge in [0.05, 0.1) is 5.56 Å². The van der Waals surface area contributed by atoms with Crippen LogP contribution in [0.5, 0.6) is 0 Å². The number of hydrogen-bond donors (Lipinski definition) is 1. The molecule has 122 valence electrons. The average molecular weight is 315 g/mol. The summed E-state index contributed by atoms with van der Waals surface area (Å²) in [5.41, 5.74) is -0.767. The van der Waals surface area contributed by atoms with Crippen LogP contribution in [0.1, 0.15) is 35.3 Å². The first kappa shape index (κ1) is 16.7. The van der Waals surface area contributed by atoms with E-state index in [2.05, 4.69) is 10.3 Å². The highest BCUT2D eigenvalue weighted by atomic mass is 19.4. The Labute approximate surface area is 127 Å². The fourth-order valence-electron chi connectivity index (χ4n) is 2.64. The molecule has 0 aliphatic carbocycles. The number of nitrogens with zero attached hydrogens (tertiary/aromatic N) is 2. The highest BCUT2D eigenvalue weighted by Crippen LogP contribution is 2.27. The van der Waals surface area contributed by atoms with Crippen LogP contribution >= 0.6 is 0 Å². The minimum absolute atomic E-state index is 0.210. The van der Waals surface area contributed by atoms with E-state index < -0.39 is 11.9 Å². The molecule has 1 N–H and O–H groups in total. The third kappa shape index (κ3) is 4.19. The first-order valence-corrected chi connectivity index (χ1v) is 7.39. The molecule has 2 heterocycles. The maximum Gasteiger partial charge on any atom is 0.433 e. The zero-order chi connectivity index (χ0) is 16.2. The number of aromatic nitrogens is 1. The lowest BCUT2D eigenvalue weighted by atomic mass is 9.93. The quantitative estimate of drug-likeness (QED) is 0.929. The number of carbonyl (C=O) groups is 1. The number of rotatable bonds is 4. The zero-order valence-corrected chi connectivity index (χ0v) is 12.5. The van der Waals surface area contributed by atoms with Gasteiger partial charge in [-0.1, -0.05) is 0 Å². The van der Waals surface area contributed by atoms with Crippen molar-refractivity contribution in [3.05, 3.63) is 29.6 Å². The highest BCUT2D eigenvalue weighted by molar-refractivity contribution is 5.94. The van der Waals surface area contributed by atoms with E-state index in [1.807, 2.05) is 7.05 Å². The third-order valence-electron chi connectivity index (χ3n) is 4.01. The van der Waals surface area contributed by atoms with E-state index in [9.17, 15) is 18.0 Å². The molecule has 4 nitrogen and oxygen atoms in total. The molecule has 2 rings (SSSR count). The van der Waals surface area contributed by atoms with Gasteiger partial charge in [0.2, 0.25) is 0 Å². The van der Waals surface area contributed by atoms with Crippen molar-refractivity contribution in [3.63, 3.8) is 0 Å². The lowest BCUT2D eigenvalue weighted by Crippen LogP contribution is -2.39. The zero-order valence-electron chi connectivity index (χ0n) is 12.5. The second-order valence-corrected chi connectivity index (χ2v) is 5.56. The molecular weight excluding hydrogens is 295 g/mol. The van der Waals surface area contributed by atoms with Crippen LogP contribution in [0.25, 0.3) is 0 Å². The largest absolute Gasteiger partial charge is 0.433 e. The van der Waals surface area contributed by atoms with Gasteiger partial charge in [0.25, 0.3) is 5.91 Å². The van der Waals surface area contributed by atoms with Gasteiger partial charge in [-0.15, -0.1) is 0 Å². The molecule has 1 aliphatic rings. The van der Waals surface area contributed by atoms with E-state index in [0.29, 0.717) is 19.0 Å². The Morgan fingerprint density at radius 3 is 2.55 bits per heavy atom. The van der Waals surface area contributed by atoms with Gasteiger partial charge in [0, 0.05) is 19.3 Å². The molecule has 22 heavy (non-hydrogen) atoms. The van der Waals surface area contributed by atoms with E-state index in [1.54, 1.807) is 4.90 Å². The number of hydrogen-bond acceptors (Lipinski definition) is 3. The molecule has 1 fully saturated rings. The number of likely N-dealkylation sites (tertiary alicyclic amines) is 1. The number of halogens is 3. The molecule has 0 saturated carbocycles. The van der Waals surface area contributed by atoms with Crippen molar-refractivity contribution in [3.8, 4) is 0 Å². The summed E-state index contributed by atoms with van der Waals surface area (Å²) in [6, 6.07) is 2.05. The van der Waals surface area contributed by atoms with Crippen molar-refractivity contribution < 1.29 is 18.0 Å². The molecule has 0 aromatic carbocycles. The Morgan fingerprint density at radius 1 is 1.36 bits per heavy atom. The van der Waals surface area contributed by atoms with Gasteiger partial charge in [-0.2, -0.15) is 13.2 Å². The van der Waals surface area contributed by atoms with Crippen LogP contribution in [0, 0.1) is 5.92 Å². The molecule has 1 aliphatic heterocycles. The number of piperidine rings is 1. The monoisotopic (exact) mass is 315 g/mol. The summed E-state index contributed by atoms with van der Waals surface area (Å²) in [6.07, 6.45) is -0.519. The third-order valence-corrected chi connectivity index (χ3v) is 4.01. The molecule has 0 bridgehead atoms. The Bertz CT molecular complexity index is 494. The van der Waals surface area contributed by atoms with Crippen LogP contribution < -0.4 is 5.32 Å². The molecule has 0 unspecified atom stereocenters. The molecule has 0 atom stereocenters. The lowest BCUT2D eigenvalue weighted by molar-refractivity contribution is -0.141. The Hall–Kier alpha value is -1.63. The van der Waals surface area contributed by atoms with Crippen molar-refractivity contribution in [1.29, 1.82) is 0 Å². The predicted octanol–water partition coefficient (Wildman–Crippen LogP) is 2.56. The minimum atomic E-state index is -4.48. The Balaban J connectivity index is 1.92. The molecule has 0 spiro atoms. The molecule has 1 saturated heterocycles. The van der Waals surface area contributed by atoms with Crippen molar-refractivity contribution >= 4 is 5.91 Å². The molecule has 1 aromatic rings. The SMILES string of the molecule is CNCCC1CCN(C(=O)c2ccc(C(F)(F)F)nc2)CC1. The number of carbonyl (C=O) groups excluding carboxylic acids is 1. The van der Waals surface area contributed by atoms with Gasteiger partial charge in [-0.25, -0.2) is 0 Å². The van der Waals surface area contributed by atoms with E-state index in [-0.39, 0.29) is 11.5 Å². The summed E-state index contributed by atoms with van der Waals surface area (Å²) in [6.45, 7) is 2.25. The van der Waals surface area contributed by atoms with Gasteiger partial charge in [0.15, 0.2) is 0 Å². The lowest BCUT2D eigenvalue weighted by Gasteiger charge is -2.32. The summed E-state index contributed by atoms with van der Waals surface area (Å²) in [4.78, 5) is 17.3. The van der Waals surface area contributed by atoms with E-state index in [1.165, 1.54) is 6.07 Å². The van der Waals surface area contributed by atoms with Gasteiger partial charge in [0.1, 0.15) is 5.69 Å². The van der Waals surface area contributed by atoms with Crippen LogP contribution in [-0.2, 0) is 6.18 Å². The number of pyridine rings is 1. The summed E-state index contributed by atoms with van der Waals surface area (Å²) in [5, 5.41) is 3.11. The number of nitrogens with one attached hydrogen (secondary N) is 1. The summed E-state index contributed by atoms with van der Waals surface area (Å²) in [7, 11) is 1.91. The number of amides is 1. The van der Waals surface area contributed by atoms with Crippen molar-refractivity contribution in [2.75, 3.05) is 26.7 Å². The second-order valence-electron chi connectivity index (χ2n) is 5.56. The molecule has 1 amide bonds.